The van der Waals surface area contributed by atoms with Crippen molar-refractivity contribution in [2.24, 2.45) is 0 Å². The molecule has 8 nitrogen and oxygen atoms in total. The molecule has 0 unspecified atom stereocenters. The van der Waals surface area contributed by atoms with Gasteiger partial charge in [-0.05, 0) is 49.2 Å². The highest BCUT2D eigenvalue weighted by atomic mass is 32.2. The van der Waals surface area contributed by atoms with Crippen LogP contribution in [0.25, 0.3) is 11.4 Å². The van der Waals surface area contributed by atoms with Gasteiger partial charge in [0.1, 0.15) is 5.82 Å². The van der Waals surface area contributed by atoms with Gasteiger partial charge in [0.25, 0.3) is 0 Å². The third kappa shape index (κ3) is 4.96. The van der Waals surface area contributed by atoms with E-state index in [0.29, 0.717) is 30.1 Å². The molecule has 12 heteroatoms. The second-order valence-electron chi connectivity index (χ2n) is 7.33. The van der Waals surface area contributed by atoms with E-state index >= 15 is 0 Å². The molecule has 33 heavy (non-hydrogen) atoms. The third-order valence-corrected chi connectivity index (χ3v) is 7.23. The fourth-order valence-corrected chi connectivity index (χ4v) is 5.10. The molecule has 0 saturated carbocycles. The Hall–Kier alpha value is -3.12. The number of ether oxygens (including phenoxy) is 2. The summed E-state index contributed by atoms with van der Waals surface area (Å²) in [4.78, 5) is 4.20. The molecule has 176 valence electrons. The Morgan fingerprint density at radius 1 is 1.09 bits per heavy atom. The van der Waals surface area contributed by atoms with E-state index in [9.17, 15) is 21.6 Å². The molecule has 0 amide bonds. The summed E-state index contributed by atoms with van der Waals surface area (Å²) in [5.74, 6) is -0.176. The van der Waals surface area contributed by atoms with Gasteiger partial charge in [-0.2, -0.15) is 18.1 Å². The number of sulfonamides is 1. The topological polar surface area (TPSA) is 94.8 Å². The first kappa shape index (κ1) is 23.1. The Labute approximate surface area is 188 Å². The van der Waals surface area contributed by atoms with Gasteiger partial charge in [-0.25, -0.2) is 12.8 Å². The lowest BCUT2D eigenvalue weighted by molar-refractivity contribution is -0.0513. The fraction of sp³-hybridized carbons (Fsp3) is 0.333. The summed E-state index contributed by atoms with van der Waals surface area (Å²) in [5, 5.41) is 3.93. The normalized spacial score (nSPS) is 15.7. The minimum Gasteiger partial charge on any atom is -0.493 e. The number of nitrogens with zero attached hydrogens (tertiary/aromatic N) is 3. The molecule has 0 radical (unpaired) electrons. The van der Waals surface area contributed by atoms with E-state index in [2.05, 4.69) is 14.9 Å². The Balaban J connectivity index is 1.46. The standard InChI is InChI=1S/C21H20F3N3O5S/c1-30-17-7-6-16(12-18(17)31-21(23)24)33(28,29)27-10-8-14(9-11-27)20-25-19(26-32-20)13-2-4-15(22)5-3-13/h2-7,12,14,21H,8-11H2,1H3. The molecule has 1 fully saturated rings. The van der Waals surface area contributed by atoms with Gasteiger partial charge in [0.15, 0.2) is 11.5 Å². The maximum absolute atomic E-state index is 13.1. The molecule has 1 aliphatic heterocycles. The van der Waals surface area contributed by atoms with Gasteiger partial charge in [0.2, 0.25) is 21.7 Å². The van der Waals surface area contributed by atoms with Crippen molar-refractivity contribution in [2.75, 3.05) is 20.2 Å². The summed E-state index contributed by atoms with van der Waals surface area (Å²) in [6.07, 6.45) is 0.863. The van der Waals surface area contributed by atoms with E-state index in [-0.39, 0.29) is 41.2 Å². The van der Waals surface area contributed by atoms with Gasteiger partial charge in [0, 0.05) is 30.6 Å². The van der Waals surface area contributed by atoms with Crippen molar-refractivity contribution >= 4 is 10.0 Å². The first-order chi connectivity index (χ1) is 15.8. The lowest BCUT2D eigenvalue weighted by Gasteiger charge is -2.29. The molecular weight excluding hydrogens is 463 g/mol. The van der Waals surface area contributed by atoms with Crippen LogP contribution in [-0.4, -0.2) is 49.7 Å². The summed E-state index contributed by atoms with van der Waals surface area (Å²) < 4.78 is 80.5. The van der Waals surface area contributed by atoms with Gasteiger partial charge in [-0.3, -0.25) is 0 Å². The monoisotopic (exact) mass is 483 g/mol. The number of hydrogen-bond acceptors (Lipinski definition) is 7. The van der Waals surface area contributed by atoms with Crippen molar-refractivity contribution in [3.05, 3.63) is 54.2 Å². The molecule has 3 aromatic rings. The summed E-state index contributed by atoms with van der Waals surface area (Å²) in [5.41, 5.74) is 0.604. The Bertz CT molecular complexity index is 1210. The van der Waals surface area contributed by atoms with Crippen molar-refractivity contribution in [3.63, 3.8) is 0 Å². The average Bonchev–Trinajstić information content (AvgIpc) is 3.29. The largest absolute Gasteiger partial charge is 0.493 e. The number of hydrogen-bond donors (Lipinski definition) is 0. The maximum Gasteiger partial charge on any atom is 0.387 e. The first-order valence-electron chi connectivity index (χ1n) is 10.0. The van der Waals surface area contributed by atoms with Crippen molar-refractivity contribution in [1.29, 1.82) is 0 Å². The lowest BCUT2D eigenvalue weighted by atomic mass is 9.98. The number of piperidine rings is 1. The van der Waals surface area contributed by atoms with Crippen molar-refractivity contribution in [1.82, 2.24) is 14.4 Å². The zero-order chi connectivity index (χ0) is 23.6. The highest BCUT2D eigenvalue weighted by Crippen LogP contribution is 2.35. The number of benzene rings is 2. The smallest absolute Gasteiger partial charge is 0.387 e. The van der Waals surface area contributed by atoms with Crippen molar-refractivity contribution in [3.8, 4) is 22.9 Å². The quantitative estimate of drug-likeness (QED) is 0.500. The molecule has 4 rings (SSSR count). The number of aromatic nitrogens is 2. The zero-order valence-corrected chi connectivity index (χ0v) is 18.3. The van der Waals surface area contributed by atoms with Crippen LogP contribution in [-0.2, 0) is 10.0 Å². The maximum atomic E-state index is 13.1. The molecule has 0 N–H and O–H groups in total. The molecule has 0 aliphatic carbocycles. The summed E-state index contributed by atoms with van der Waals surface area (Å²) >= 11 is 0. The predicted molar refractivity (Wildman–Crippen MR) is 110 cm³/mol. The van der Waals surface area contributed by atoms with Gasteiger partial charge in [0.05, 0.1) is 12.0 Å². The number of rotatable bonds is 7. The van der Waals surface area contributed by atoms with E-state index in [4.69, 9.17) is 9.26 Å². The highest BCUT2D eigenvalue weighted by molar-refractivity contribution is 7.89. The van der Waals surface area contributed by atoms with Gasteiger partial charge >= 0.3 is 6.61 Å². The van der Waals surface area contributed by atoms with Crippen LogP contribution in [0.2, 0.25) is 0 Å². The summed E-state index contributed by atoms with van der Waals surface area (Å²) in [7, 11) is -2.67. The molecule has 0 atom stereocenters. The molecule has 1 saturated heterocycles. The molecular formula is C21H20F3N3O5S. The minimum atomic E-state index is -3.94. The predicted octanol–water partition coefficient (Wildman–Crippen LogP) is 4.05. The summed E-state index contributed by atoms with van der Waals surface area (Å²) in [6.45, 7) is -2.77. The van der Waals surface area contributed by atoms with Crippen molar-refractivity contribution < 1.29 is 35.6 Å². The second kappa shape index (κ2) is 9.40. The average molecular weight is 483 g/mol. The Morgan fingerprint density at radius 2 is 1.79 bits per heavy atom. The molecule has 1 aliphatic rings. The third-order valence-electron chi connectivity index (χ3n) is 5.34. The second-order valence-corrected chi connectivity index (χ2v) is 9.27. The summed E-state index contributed by atoms with van der Waals surface area (Å²) in [6, 6.07) is 9.26. The zero-order valence-electron chi connectivity index (χ0n) is 17.4. The van der Waals surface area contributed by atoms with Crippen LogP contribution in [0.1, 0.15) is 24.7 Å². The Kier molecular flexibility index (Phi) is 6.56. The van der Waals surface area contributed by atoms with Crippen LogP contribution < -0.4 is 9.47 Å². The fourth-order valence-electron chi connectivity index (χ4n) is 3.61. The van der Waals surface area contributed by atoms with Gasteiger partial charge in [-0.15, -0.1) is 0 Å². The van der Waals surface area contributed by atoms with E-state index < -0.39 is 16.6 Å². The highest BCUT2D eigenvalue weighted by Gasteiger charge is 2.33. The van der Waals surface area contributed by atoms with Crippen LogP contribution in [0.15, 0.2) is 51.9 Å². The van der Waals surface area contributed by atoms with Crippen LogP contribution >= 0.6 is 0 Å². The molecule has 0 spiro atoms. The van der Waals surface area contributed by atoms with E-state index in [1.54, 1.807) is 12.1 Å². The molecule has 0 bridgehead atoms. The van der Waals surface area contributed by atoms with Crippen LogP contribution in [0, 0.1) is 5.82 Å². The molecule has 2 aromatic carbocycles. The molecule has 1 aromatic heterocycles. The minimum absolute atomic E-state index is 0.00121. The Morgan fingerprint density at radius 3 is 2.42 bits per heavy atom. The van der Waals surface area contributed by atoms with Gasteiger partial charge < -0.3 is 14.0 Å². The SMILES string of the molecule is COc1ccc(S(=O)(=O)N2CCC(c3nc(-c4ccc(F)cc4)no3)CC2)cc1OC(F)F. The van der Waals surface area contributed by atoms with E-state index in [1.807, 2.05) is 0 Å². The van der Waals surface area contributed by atoms with Crippen LogP contribution in [0.5, 0.6) is 11.5 Å². The van der Waals surface area contributed by atoms with E-state index in [0.717, 1.165) is 6.07 Å². The van der Waals surface area contributed by atoms with E-state index in [1.165, 1.54) is 35.7 Å². The number of alkyl halides is 2. The molecule has 2 heterocycles. The lowest BCUT2D eigenvalue weighted by Crippen LogP contribution is -2.38. The number of methoxy groups -OCH3 is 1. The van der Waals surface area contributed by atoms with Crippen molar-refractivity contribution in [2.45, 2.75) is 30.3 Å². The van der Waals surface area contributed by atoms with Crippen LogP contribution in [0.3, 0.4) is 0 Å². The van der Waals surface area contributed by atoms with Gasteiger partial charge in [-0.1, -0.05) is 5.16 Å². The van der Waals surface area contributed by atoms with Crippen LogP contribution in [0.4, 0.5) is 13.2 Å². The first-order valence-corrected chi connectivity index (χ1v) is 11.4. The number of halogens is 3.